The molecule has 0 spiro atoms. The second-order valence-corrected chi connectivity index (χ2v) is 5.81. The molecule has 5 heteroatoms. The highest BCUT2D eigenvalue weighted by Crippen LogP contribution is 2.23. The highest BCUT2D eigenvalue weighted by molar-refractivity contribution is 14.1. The molecule has 0 fully saturated rings. The van der Waals surface area contributed by atoms with E-state index >= 15 is 0 Å². The van der Waals surface area contributed by atoms with Crippen LogP contribution in [-0.2, 0) is 0 Å². The van der Waals surface area contributed by atoms with Gasteiger partial charge in [-0.15, -0.1) is 0 Å². The van der Waals surface area contributed by atoms with E-state index in [1.807, 2.05) is 31.3 Å². The predicted octanol–water partition coefficient (Wildman–Crippen LogP) is 3.85. The molecule has 1 N–H and O–H groups in total. The summed E-state index contributed by atoms with van der Waals surface area (Å²) in [6.07, 6.45) is 1.82. The number of hydrogen-bond acceptors (Lipinski definition) is 1. The van der Waals surface area contributed by atoms with Crippen molar-refractivity contribution in [3.63, 3.8) is 0 Å². The number of carboxylic acid groups (broad SMARTS) is 1. The molecule has 0 bridgehead atoms. The first-order valence-electron chi connectivity index (χ1n) is 4.87. The first-order chi connectivity index (χ1) is 7.99. The number of halogens is 2. The minimum atomic E-state index is -0.924. The van der Waals surface area contributed by atoms with Crippen molar-refractivity contribution >= 4 is 44.5 Å². The van der Waals surface area contributed by atoms with Crippen LogP contribution in [0.5, 0.6) is 0 Å². The lowest BCUT2D eigenvalue weighted by molar-refractivity contribution is 0.0688. The summed E-state index contributed by atoms with van der Waals surface area (Å²) in [6, 6.07) is 7.47. The zero-order valence-electron chi connectivity index (χ0n) is 8.95. The Labute approximate surface area is 121 Å². The van der Waals surface area contributed by atoms with E-state index < -0.39 is 5.97 Å². The molecule has 0 aliphatic carbocycles. The smallest absolute Gasteiger partial charge is 0.352 e. The number of aromatic carboxylic acids is 1. The molecule has 1 aromatic carbocycles. The zero-order valence-corrected chi connectivity index (χ0v) is 12.7. The molecule has 2 rings (SSSR count). The van der Waals surface area contributed by atoms with Gasteiger partial charge in [0.15, 0.2) is 0 Å². The van der Waals surface area contributed by atoms with Gasteiger partial charge in [0.1, 0.15) is 5.69 Å². The van der Waals surface area contributed by atoms with Crippen molar-refractivity contribution in [1.29, 1.82) is 0 Å². The van der Waals surface area contributed by atoms with Crippen molar-refractivity contribution < 1.29 is 9.90 Å². The van der Waals surface area contributed by atoms with E-state index in [0.717, 1.165) is 19.3 Å². The fourth-order valence-corrected chi connectivity index (χ4v) is 2.56. The molecule has 3 nitrogen and oxygen atoms in total. The number of aromatic nitrogens is 1. The summed E-state index contributed by atoms with van der Waals surface area (Å²) in [5, 5.41) is 9.16. The Morgan fingerprint density at radius 2 is 2.12 bits per heavy atom. The predicted molar refractivity (Wildman–Crippen MR) is 77.9 cm³/mol. The Morgan fingerprint density at radius 3 is 2.76 bits per heavy atom. The summed E-state index contributed by atoms with van der Waals surface area (Å²) in [5.41, 5.74) is 2.18. The molecule has 2 aromatic rings. The highest BCUT2D eigenvalue weighted by Gasteiger charge is 2.14. The molecule has 17 heavy (non-hydrogen) atoms. The molecular weight excluding hydrogens is 397 g/mol. The van der Waals surface area contributed by atoms with Gasteiger partial charge < -0.3 is 9.67 Å². The van der Waals surface area contributed by atoms with Crippen molar-refractivity contribution in [3.05, 3.63) is 49.8 Å². The SMILES string of the molecule is Cc1ccc(Br)cc1-n1cc(I)cc1C(=O)O. The molecule has 0 amide bonds. The van der Waals surface area contributed by atoms with Gasteiger partial charge >= 0.3 is 5.97 Å². The van der Waals surface area contributed by atoms with Crippen molar-refractivity contribution in [1.82, 2.24) is 4.57 Å². The maximum atomic E-state index is 11.2. The lowest BCUT2D eigenvalue weighted by atomic mass is 10.2. The standard InChI is InChI=1S/C12H9BrINO2/c1-7-2-3-8(13)4-10(7)15-6-9(14)5-11(15)12(16)17/h2-6H,1H3,(H,16,17). The van der Waals surface area contributed by atoms with Gasteiger partial charge in [-0.3, -0.25) is 0 Å². The Bertz CT molecular complexity index is 592. The minimum Gasteiger partial charge on any atom is -0.477 e. The van der Waals surface area contributed by atoms with Crippen LogP contribution in [0.15, 0.2) is 34.9 Å². The van der Waals surface area contributed by atoms with Gasteiger partial charge in [0.05, 0.1) is 0 Å². The molecule has 0 radical (unpaired) electrons. The Morgan fingerprint density at radius 1 is 1.41 bits per heavy atom. The van der Waals surface area contributed by atoms with Crippen molar-refractivity contribution in [3.8, 4) is 5.69 Å². The average Bonchev–Trinajstić information content (AvgIpc) is 2.64. The van der Waals surface area contributed by atoms with Crippen LogP contribution in [0, 0.1) is 10.5 Å². The van der Waals surface area contributed by atoms with Crippen molar-refractivity contribution in [2.75, 3.05) is 0 Å². The third-order valence-electron chi connectivity index (χ3n) is 2.44. The number of nitrogens with zero attached hydrogens (tertiary/aromatic N) is 1. The summed E-state index contributed by atoms with van der Waals surface area (Å²) < 4.78 is 3.53. The number of carbonyl (C=O) groups is 1. The normalized spacial score (nSPS) is 10.5. The maximum Gasteiger partial charge on any atom is 0.352 e. The molecule has 0 saturated heterocycles. The van der Waals surface area contributed by atoms with E-state index in [-0.39, 0.29) is 5.69 Å². The van der Waals surface area contributed by atoms with Gasteiger partial charge in [0.2, 0.25) is 0 Å². The number of benzene rings is 1. The summed E-state index contributed by atoms with van der Waals surface area (Å²) in [6.45, 7) is 1.96. The summed E-state index contributed by atoms with van der Waals surface area (Å²) in [4.78, 5) is 11.2. The average molecular weight is 406 g/mol. The van der Waals surface area contributed by atoms with E-state index in [0.29, 0.717) is 0 Å². The number of rotatable bonds is 2. The Hall–Kier alpha value is -0.820. The topological polar surface area (TPSA) is 42.2 Å². The van der Waals surface area contributed by atoms with E-state index in [9.17, 15) is 4.79 Å². The molecule has 0 unspecified atom stereocenters. The molecule has 0 aliphatic rings. The quantitative estimate of drug-likeness (QED) is 0.771. The van der Waals surface area contributed by atoms with Gasteiger partial charge in [0, 0.05) is 19.9 Å². The van der Waals surface area contributed by atoms with E-state index in [1.165, 1.54) is 0 Å². The second kappa shape index (κ2) is 4.81. The van der Waals surface area contributed by atoms with Crippen LogP contribution in [0.4, 0.5) is 0 Å². The van der Waals surface area contributed by atoms with Crippen LogP contribution < -0.4 is 0 Å². The van der Waals surface area contributed by atoms with E-state index in [1.54, 1.807) is 10.6 Å². The monoisotopic (exact) mass is 405 g/mol. The van der Waals surface area contributed by atoms with Crippen LogP contribution in [0.1, 0.15) is 16.1 Å². The van der Waals surface area contributed by atoms with Gasteiger partial charge in [-0.2, -0.15) is 0 Å². The van der Waals surface area contributed by atoms with Crippen LogP contribution in [0.2, 0.25) is 0 Å². The zero-order chi connectivity index (χ0) is 12.6. The Balaban J connectivity index is 2.67. The molecule has 1 heterocycles. The third-order valence-corrected chi connectivity index (χ3v) is 3.52. The van der Waals surface area contributed by atoms with Crippen LogP contribution in [0.3, 0.4) is 0 Å². The minimum absolute atomic E-state index is 0.274. The van der Waals surface area contributed by atoms with Crippen molar-refractivity contribution in [2.45, 2.75) is 6.92 Å². The van der Waals surface area contributed by atoms with E-state index in [2.05, 4.69) is 38.5 Å². The van der Waals surface area contributed by atoms with Crippen LogP contribution in [0.25, 0.3) is 5.69 Å². The largest absolute Gasteiger partial charge is 0.477 e. The number of hydrogen-bond donors (Lipinski definition) is 1. The summed E-state index contributed by atoms with van der Waals surface area (Å²) in [7, 11) is 0. The number of carboxylic acids is 1. The molecule has 1 aromatic heterocycles. The molecular formula is C12H9BrINO2. The lowest BCUT2D eigenvalue weighted by Gasteiger charge is -2.10. The Kier molecular flexibility index (Phi) is 3.58. The highest BCUT2D eigenvalue weighted by atomic mass is 127. The van der Waals surface area contributed by atoms with Gasteiger partial charge in [0.25, 0.3) is 0 Å². The summed E-state index contributed by atoms with van der Waals surface area (Å²) >= 11 is 5.51. The number of aryl methyl sites for hydroxylation is 1. The maximum absolute atomic E-state index is 11.2. The van der Waals surface area contributed by atoms with E-state index in [4.69, 9.17) is 5.11 Å². The molecule has 0 saturated carbocycles. The molecule has 0 atom stereocenters. The fraction of sp³-hybridized carbons (Fsp3) is 0.0833. The van der Waals surface area contributed by atoms with Gasteiger partial charge in [-0.25, -0.2) is 4.79 Å². The second-order valence-electron chi connectivity index (χ2n) is 3.65. The summed E-state index contributed by atoms with van der Waals surface area (Å²) in [5.74, 6) is -0.924. The van der Waals surface area contributed by atoms with Gasteiger partial charge in [-0.05, 0) is 53.3 Å². The fourth-order valence-electron chi connectivity index (χ4n) is 1.64. The first-order valence-corrected chi connectivity index (χ1v) is 6.74. The molecule has 0 aliphatic heterocycles. The van der Waals surface area contributed by atoms with Crippen LogP contribution in [-0.4, -0.2) is 15.6 Å². The van der Waals surface area contributed by atoms with Gasteiger partial charge in [-0.1, -0.05) is 22.0 Å². The van der Waals surface area contributed by atoms with Crippen LogP contribution >= 0.6 is 38.5 Å². The third kappa shape index (κ3) is 2.55. The molecule has 88 valence electrons. The first kappa shape index (κ1) is 12.6. The lowest BCUT2D eigenvalue weighted by Crippen LogP contribution is -2.06. The van der Waals surface area contributed by atoms with Crippen molar-refractivity contribution in [2.24, 2.45) is 0 Å².